The molecule has 0 aliphatic carbocycles. The van der Waals surface area contributed by atoms with Gasteiger partial charge >= 0.3 is 11.2 Å². The van der Waals surface area contributed by atoms with Gasteiger partial charge in [-0.25, -0.2) is 17.2 Å². The second kappa shape index (κ2) is 2.54. The lowest BCUT2D eigenvalue weighted by molar-refractivity contribution is -0.276. The lowest BCUT2D eigenvalue weighted by Crippen LogP contribution is -2.62. The quantitative estimate of drug-likeness (QED) is 0.605. The van der Waals surface area contributed by atoms with Gasteiger partial charge in [-0.05, 0) is 0 Å². The van der Waals surface area contributed by atoms with Crippen LogP contribution in [0.2, 0.25) is 0 Å². The summed E-state index contributed by atoms with van der Waals surface area (Å²) in [6.45, 7) is -2.17. The molecule has 0 saturated carbocycles. The molecule has 1 rings (SSSR count). The van der Waals surface area contributed by atoms with Crippen LogP contribution < -0.4 is 0 Å². The lowest BCUT2D eigenvalue weighted by atomic mass is 10.2. The van der Waals surface area contributed by atoms with Crippen molar-refractivity contribution in [3.8, 4) is 0 Å². The molecule has 1 heterocycles. The Hall–Kier alpha value is -0.510. The number of alkyl halides is 6. The average Bonchev–Trinajstić information content (AvgIpc) is 1.98. The molecular formula is C4H2F6NO2S-. The zero-order valence-corrected chi connectivity index (χ0v) is 6.96. The first-order valence-corrected chi connectivity index (χ1v) is 4.46. The zero-order chi connectivity index (χ0) is 11.4. The third-order valence-corrected chi connectivity index (χ3v) is 2.96. The van der Waals surface area contributed by atoms with Gasteiger partial charge in [0.1, 0.15) is 10.0 Å². The molecule has 0 aromatic rings. The maximum absolute atomic E-state index is 12.3. The van der Waals surface area contributed by atoms with Gasteiger partial charge in [0.05, 0.1) is 0 Å². The first-order chi connectivity index (χ1) is 5.96. The maximum Gasteiger partial charge on any atom is 0.397 e. The molecule has 1 aliphatic rings. The highest BCUT2D eigenvalue weighted by atomic mass is 32.2. The van der Waals surface area contributed by atoms with Gasteiger partial charge in [0.15, 0.2) is 0 Å². The monoisotopic (exact) mass is 242 g/mol. The molecule has 0 bridgehead atoms. The average molecular weight is 242 g/mol. The van der Waals surface area contributed by atoms with E-state index in [1.807, 2.05) is 4.72 Å². The van der Waals surface area contributed by atoms with Crippen molar-refractivity contribution in [2.75, 3.05) is 6.54 Å². The largest absolute Gasteiger partial charge is 0.539 e. The fourth-order valence-electron chi connectivity index (χ4n) is 0.721. The van der Waals surface area contributed by atoms with E-state index < -0.39 is 33.7 Å². The third-order valence-electron chi connectivity index (χ3n) is 1.58. The highest BCUT2D eigenvalue weighted by molar-refractivity contribution is 7.95. The van der Waals surface area contributed by atoms with Crippen LogP contribution >= 0.6 is 0 Å². The minimum atomic E-state index is -5.94. The van der Waals surface area contributed by atoms with Crippen LogP contribution in [0.5, 0.6) is 0 Å². The summed E-state index contributed by atoms with van der Waals surface area (Å²) >= 11 is 0. The number of hydrogen-bond acceptors (Lipinski definition) is 2. The lowest BCUT2D eigenvalue weighted by Gasteiger charge is -2.43. The van der Waals surface area contributed by atoms with Crippen LogP contribution in [0.3, 0.4) is 0 Å². The Kier molecular flexibility index (Phi) is 2.10. The van der Waals surface area contributed by atoms with Gasteiger partial charge in [-0.15, -0.1) is 0 Å². The maximum atomic E-state index is 12.3. The van der Waals surface area contributed by atoms with E-state index in [1.54, 1.807) is 0 Å². The fraction of sp³-hybridized carbons (Fsp3) is 1.00. The number of sulfonamides is 1. The van der Waals surface area contributed by atoms with Crippen molar-refractivity contribution >= 4 is 10.0 Å². The molecule has 0 unspecified atom stereocenters. The first-order valence-electron chi connectivity index (χ1n) is 3.02. The Morgan fingerprint density at radius 1 is 1.00 bits per heavy atom. The van der Waals surface area contributed by atoms with E-state index in [-0.39, 0.29) is 0 Å². The highest BCUT2D eigenvalue weighted by Gasteiger charge is 2.76. The van der Waals surface area contributed by atoms with Crippen LogP contribution in [0, 0.1) is 0 Å². The number of halogens is 6. The molecule has 10 heteroatoms. The minimum Gasteiger partial charge on any atom is -0.539 e. The molecule has 0 atom stereocenters. The Balaban J connectivity index is 3.34. The predicted molar refractivity (Wildman–Crippen MR) is 32.0 cm³/mol. The van der Waals surface area contributed by atoms with Crippen LogP contribution in [0.25, 0.3) is 4.72 Å². The van der Waals surface area contributed by atoms with Gasteiger partial charge in [0.2, 0.25) is 0 Å². The first kappa shape index (κ1) is 11.6. The Bertz CT molecular complexity index is 349. The highest BCUT2D eigenvalue weighted by Crippen LogP contribution is 2.53. The Morgan fingerprint density at radius 3 is 1.79 bits per heavy atom. The molecule has 3 nitrogen and oxygen atoms in total. The molecule has 0 aromatic carbocycles. The second-order valence-corrected chi connectivity index (χ2v) is 4.28. The number of hydrogen-bond donors (Lipinski definition) is 0. The fourth-order valence-corrected chi connectivity index (χ4v) is 1.69. The predicted octanol–water partition coefficient (Wildman–Crippen LogP) is 1.57. The van der Waals surface area contributed by atoms with Crippen molar-refractivity contribution in [1.82, 2.24) is 0 Å². The number of nitrogens with zero attached hydrogens (tertiary/aromatic N) is 1. The summed E-state index contributed by atoms with van der Waals surface area (Å²) in [5.74, 6) is -11.1. The molecule has 0 aromatic heterocycles. The van der Waals surface area contributed by atoms with Gasteiger partial charge in [-0.2, -0.15) is 17.6 Å². The van der Waals surface area contributed by atoms with Crippen molar-refractivity contribution in [2.24, 2.45) is 0 Å². The molecule has 0 amide bonds. The standard InChI is InChI=1S/C4H2F6NO2S/c5-2(6)1-11-14(12,13)4(9,10)3(2,7)8/h1H2/q-1. The van der Waals surface area contributed by atoms with E-state index >= 15 is 0 Å². The van der Waals surface area contributed by atoms with E-state index in [1.165, 1.54) is 0 Å². The summed E-state index contributed by atoms with van der Waals surface area (Å²) in [6.07, 6.45) is 0. The summed E-state index contributed by atoms with van der Waals surface area (Å²) in [7, 11) is -5.88. The van der Waals surface area contributed by atoms with Crippen molar-refractivity contribution in [1.29, 1.82) is 0 Å². The molecule has 14 heavy (non-hydrogen) atoms. The second-order valence-electron chi connectivity index (χ2n) is 2.56. The summed E-state index contributed by atoms with van der Waals surface area (Å²) in [6, 6.07) is 0. The van der Waals surface area contributed by atoms with Crippen molar-refractivity contribution in [2.45, 2.75) is 17.1 Å². The molecule has 1 aliphatic heterocycles. The van der Waals surface area contributed by atoms with E-state index in [0.29, 0.717) is 0 Å². The van der Waals surface area contributed by atoms with Crippen molar-refractivity contribution in [3.63, 3.8) is 0 Å². The van der Waals surface area contributed by atoms with Gasteiger partial charge in [-0.3, -0.25) is 0 Å². The number of rotatable bonds is 0. The third kappa shape index (κ3) is 1.13. The Labute approximate surface area is 74.1 Å². The minimum absolute atomic E-state index is 1.86. The topological polar surface area (TPSA) is 48.2 Å². The van der Waals surface area contributed by atoms with Crippen LogP contribution in [0.15, 0.2) is 0 Å². The van der Waals surface area contributed by atoms with E-state index in [0.717, 1.165) is 0 Å². The Morgan fingerprint density at radius 2 is 1.43 bits per heavy atom. The normalized spacial score (nSPS) is 32.4. The van der Waals surface area contributed by atoms with Crippen LogP contribution in [0.1, 0.15) is 0 Å². The van der Waals surface area contributed by atoms with Crippen molar-refractivity contribution in [3.05, 3.63) is 4.72 Å². The van der Waals surface area contributed by atoms with Gasteiger partial charge in [0, 0.05) is 0 Å². The zero-order valence-electron chi connectivity index (χ0n) is 6.15. The molecule has 1 saturated heterocycles. The smallest absolute Gasteiger partial charge is 0.397 e. The summed E-state index contributed by atoms with van der Waals surface area (Å²) < 4.78 is 96.2. The van der Waals surface area contributed by atoms with Crippen molar-refractivity contribution < 1.29 is 34.8 Å². The van der Waals surface area contributed by atoms with Crippen LogP contribution in [-0.4, -0.2) is 32.1 Å². The van der Waals surface area contributed by atoms with E-state index in [4.69, 9.17) is 0 Å². The molecule has 1 fully saturated rings. The van der Waals surface area contributed by atoms with Crippen LogP contribution in [0.4, 0.5) is 26.3 Å². The van der Waals surface area contributed by atoms with Crippen LogP contribution in [-0.2, 0) is 10.0 Å². The van der Waals surface area contributed by atoms with E-state index in [2.05, 4.69) is 0 Å². The molecular weight excluding hydrogens is 240 g/mol. The molecule has 0 N–H and O–H groups in total. The van der Waals surface area contributed by atoms with Gasteiger partial charge in [0.25, 0.3) is 5.92 Å². The van der Waals surface area contributed by atoms with Gasteiger partial charge in [-0.1, -0.05) is 6.54 Å². The van der Waals surface area contributed by atoms with Gasteiger partial charge < -0.3 is 4.72 Å². The molecule has 84 valence electrons. The molecule has 0 spiro atoms. The SMILES string of the molecule is O=S1(=O)[N-]CC(F)(F)C(F)(F)C1(F)F. The molecule has 0 radical (unpaired) electrons. The summed E-state index contributed by atoms with van der Waals surface area (Å²) in [4.78, 5) is 0. The summed E-state index contributed by atoms with van der Waals surface area (Å²) in [5.41, 5.74) is 0. The summed E-state index contributed by atoms with van der Waals surface area (Å²) in [5, 5.41) is -5.87. The van der Waals surface area contributed by atoms with E-state index in [9.17, 15) is 34.8 Å².